The van der Waals surface area contributed by atoms with E-state index < -0.39 is 5.60 Å². The second-order valence-electron chi connectivity index (χ2n) is 6.10. The molecule has 6 nitrogen and oxygen atoms in total. The second kappa shape index (κ2) is 8.68. The minimum absolute atomic E-state index is 0.0656. The van der Waals surface area contributed by atoms with Gasteiger partial charge >= 0.3 is 0 Å². The van der Waals surface area contributed by atoms with Crippen LogP contribution in [0.1, 0.15) is 39.5 Å². The van der Waals surface area contributed by atoms with Crippen LogP contribution in [-0.2, 0) is 14.3 Å². The summed E-state index contributed by atoms with van der Waals surface area (Å²) < 4.78 is 11.4. The number of ether oxygens (including phenoxy) is 2. The molecule has 1 unspecified atom stereocenters. The third-order valence-electron chi connectivity index (χ3n) is 4.28. The lowest BCUT2D eigenvalue weighted by molar-refractivity contribution is -0.173. The summed E-state index contributed by atoms with van der Waals surface area (Å²) in [6.07, 6.45) is 3.63. The number of carbonyl (C=O) groups is 1. The number of rotatable bonds is 4. The number of piperidine rings is 1. The molecule has 0 aromatic carbocycles. The van der Waals surface area contributed by atoms with E-state index in [1.54, 1.807) is 0 Å². The molecule has 2 aliphatic rings. The van der Waals surface area contributed by atoms with Crippen molar-refractivity contribution < 1.29 is 24.5 Å². The molecular weight excluding hydrogens is 274 g/mol. The fourth-order valence-corrected chi connectivity index (χ4v) is 3.16. The molecule has 2 heterocycles. The molecule has 124 valence electrons. The quantitative estimate of drug-likeness (QED) is 0.598. The standard InChI is InChI=1S/C14H27NO3.CH2O2/c1-3-17-11-9-15-7-4-14(5-8-15)12-13(2,16)6-10-18-14;2-1-3/h16H,3-12H2,1-2H3;1H,(H,2,3). The molecule has 2 aliphatic heterocycles. The van der Waals surface area contributed by atoms with Gasteiger partial charge in [-0.3, -0.25) is 4.79 Å². The van der Waals surface area contributed by atoms with Crippen LogP contribution in [0, 0.1) is 0 Å². The van der Waals surface area contributed by atoms with Gasteiger partial charge in [0, 0.05) is 32.7 Å². The van der Waals surface area contributed by atoms with Gasteiger partial charge < -0.3 is 24.6 Å². The summed E-state index contributed by atoms with van der Waals surface area (Å²) in [4.78, 5) is 10.8. The summed E-state index contributed by atoms with van der Waals surface area (Å²) in [5.41, 5.74) is -0.602. The van der Waals surface area contributed by atoms with Crippen LogP contribution in [0.5, 0.6) is 0 Å². The van der Waals surface area contributed by atoms with Gasteiger partial charge in [-0.25, -0.2) is 0 Å². The SMILES string of the molecule is CCOCCN1CCC2(CC1)CC(C)(O)CCO2.O=CO. The topological polar surface area (TPSA) is 79.2 Å². The maximum absolute atomic E-state index is 10.2. The zero-order chi connectivity index (χ0) is 15.8. The van der Waals surface area contributed by atoms with Crippen LogP contribution >= 0.6 is 0 Å². The van der Waals surface area contributed by atoms with E-state index in [0.717, 1.165) is 58.5 Å². The lowest BCUT2D eigenvalue weighted by Gasteiger charge is -2.48. The Morgan fingerprint density at radius 1 is 1.33 bits per heavy atom. The molecule has 0 amide bonds. The molecule has 2 fully saturated rings. The van der Waals surface area contributed by atoms with E-state index >= 15 is 0 Å². The van der Waals surface area contributed by atoms with Gasteiger partial charge in [0.15, 0.2) is 0 Å². The Labute approximate surface area is 127 Å². The molecule has 0 aromatic heterocycles. The number of nitrogens with zero attached hydrogens (tertiary/aromatic N) is 1. The second-order valence-corrected chi connectivity index (χ2v) is 6.10. The van der Waals surface area contributed by atoms with Crippen molar-refractivity contribution in [3.05, 3.63) is 0 Å². The molecule has 2 saturated heterocycles. The monoisotopic (exact) mass is 303 g/mol. The number of likely N-dealkylation sites (tertiary alicyclic amines) is 1. The Hall–Kier alpha value is -0.690. The lowest BCUT2D eigenvalue weighted by Crippen LogP contribution is -2.53. The van der Waals surface area contributed by atoms with Crippen LogP contribution in [0.4, 0.5) is 0 Å². The molecule has 2 N–H and O–H groups in total. The van der Waals surface area contributed by atoms with Crippen molar-refractivity contribution in [2.24, 2.45) is 0 Å². The molecule has 2 rings (SSSR count). The lowest BCUT2D eigenvalue weighted by atomic mass is 9.78. The predicted molar refractivity (Wildman–Crippen MR) is 79.4 cm³/mol. The number of hydrogen-bond donors (Lipinski definition) is 2. The Morgan fingerprint density at radius 3 is 2.48 bits per heavy atom. The Bertz CT molecular complexity index is 300. The first-order valence-electron chi connectivity index (χ1n) is 7.71. The number of aliphatic hydroxyl groups is 1. The van der Waals surface area contributed by atoms with Crippen LogP contribution in [-0.4, -0.2) is 72.2 Å². The highest BCUT2D eigenvalue weighted by atomic mass is 16.5. The van der Waals surface area contributed by atoms with Crippen LogP contribution in [0.15, 0.2) is 0 Å². The van der Waals surface area contributed by atoms with E-state index in [-0.39, 0.29) is 12.1 Å². The third-order valence-corrected chi connectivity index (χ3v) is 4.28. The minimum Gasteiger partial charge on any atom is -0.483 e. The van der Waals surface area contributed by atoms with Gasteiger partial charge in [0.05, 0.1) is 24.4 Å². The maximum atomic E-state index is 10.2. The molecule has 21 heavy (non-hydrogen) atoms. The average molecular weight is 303 g/mol. The summed E-state index contributed by atoms with van der Waals surface area (Å²) in [5.74, 6) is 0. The van der Waals surface area contributed by atoms with E-state index in [2.05, 4.69) is 4.90 Å². The van der Waals surface area contributed by atoms with Crippen molar-refractivity contribution >= 4 is 6.47 Å². The zero-order valence-electron chi connectivity index (χ0n) is 13.2. The Balaban J connectivity index is 0.000000677. The smallest absolute Gasteiger partial charge is 0.290 e. The fraction of sp³-hybridized carbons (Fsp3) is 0.933. The summed E-state index contributed by atoms with van der Waals surface area (Å²) in [6.45, 7) is 9.17. The van der Waals surface area contributed by atoms with E-state index in [0.29, 0.717) is 6.61 Å². The van der Waals surface area contributed by atoms with Crippen LogP contribution < -0.4 is 0 Å². The van der Waals surface area contributed by atoms with Crippen molar-refractivity contribution in [2.75, 3.05) is 39.5 Å². The average Bonchev–Trinajstić information content (AvgIpc) is 2.41. The molecule has 0 saturated carbocycles. The number of carboxylic acid groups (broad SMARTS) is 1. The van der Waals surface area contributed by atoms with Crippen LogP contribution in [0.2, 0.25) is 0 Å². The first kappa shape index (κ1) is 18.4. The van der Waals surface area contributed by atoms with Gasteiger partial charge in [-0.05, 0) is 33.1 Å². The normalized spacial score (nSPS) is 28.7. The van der Waals surface area contributed by atoms with Crippen LogP contribution in [0.3, 0.4) is 0 Å². The molecule has 1 atom stereocenters. The van der Waals surface area contributed by atoms with Gasteiger partial charge in [0.2, 0.25) is 0 Å². The van der Waals surface area contributed by atoms with E-state index in [1.807, 2.05) is 13.8 Å². The first-order valence-corrected chi connectivity index (χ1v) is 7.71. The largest absolute Gasteiger partial charge is 0.483 e. The van der Waals surface area contributed by atoms with Gasteiger partial charge in [-0.15, -0.1) is 0 Å². The van der Waals surface area contributed by atoms with E-state index in [1.165, 1.54) is 0 Å². The molecule has 0 aliphatic carbocycles. The molecule has 1 spiro atoms. The highest BCUT2D eigenvalue weighted by Gasteiger charge is 2.44. The van der Waals surface area contributed by atoms with Crippen molar-refractivity contribution in [1.82, 2.24) is 4.90 Å². The van der Waals surface area contributed by atoms with Gasteiger partial charge in [0.1, 0.15) is 0 Å². The zero-order valence-corrected chi connectivity index (χ0v) is 13.2. The van der Waals surface area contributed by atoms with E-state index in [4.69, 9.17) is 19.4 Å². The van der Waals surface area contributed by atoms with E-state index in [9.17, 15) is 5.11 Å². The van der Waals surface area contributed by atoms with Crippen LogP contribution in [0.25, 0.3) is 0 Å². The van der Waals surface area contributed by atoms with Gasteiger partial charge in [-0.1, -0.05) is 0 Å². The van der Waals surface area contributed by atoms with Crippen molar-refractivity contribution in [1.29, 1.82) is 0 Å². The van der Waals surface area contributed by atoms with Gasteiger partial charge in [0.25, 0.3) is 6.47 Å². The number of hydrogen-bond acceptors (Lipinski definition) is 5. The molecule has 0 bridgehead atoms. The van der Waals surface area contributed by atoms with Crippen molar-refractivity contribution in [3.63, 3.8) is 0 Å². The summed E-state index contributed by atoms with van der Waals surface area (Å²) in [6, 6.07) is 0. The van der Waals surface area contributed by atoms with Crippen molar-refractivity contribution in [3.8, 4) is 0 Å². The van der Waals surface area contributed by atoms with Gasteiger partial charge in [-0.2, -0.15) is 0 Å². The highest BCUT2D eigenvalue weighted by molar-refractivity contribution is 5.32. The third kappa shape index (κ3) is 6.30. The maximum Gasteiger partial charge on any atom is 0.290 e. The molecule has 0 radical (unpaired) electrons. The molecular formula is C15H29NO5. The van der Waals surface area contributed by atoms with Crippen molar-refractivity contribution in [2.45, 2.75) is 50.7 Å². The highest BCUT2D eigenvalue weighted by Crippen LogP contribution is 2.39. The summed E-state index contributed by atoms with van der Waals surface area (Å²) >= 11 is 0. The Kier molecular flexibility index (Phi) is 7.59. The predicted octanol–water partition coefficient (Wildman–Crippen LogP) is 1.12. The Morgan fingerprint density at radius 2 is 1.95 bits per heavy atom. The first-order chi connectivity index (χ1) is 9.97. The molecule has 6 heteroatoms. The fourth-order valence-electron chi connectivity index (χ4n) is 3.16. The summed E-state index contributed by atoms with van der Waals surface area (Å²) in [7, 11) is 0. The summed E-state index contributed by atoms with van der Waals surface area (Å²) in [5, 5.41) is 17.1. The minimum atomic E-state index is -0.536. The molecule has 0 aromatic rings.